The molecule has 0 aromatic heterocycles. The molecule has 0 saturated carbocycles. The number of esters is 1. The van der Waals surface area contributed by atoms with Crippen molar-refractivity contribution in [2.45, 2.75) is 23.3 Å². The van der Waals surface area contributed by atoms with Gasteiger partial charge in [-0.15, -0.1) is 0 Å². The van der Waals surface area contributed by atoms with Crippen LogP contribution in [0.5, 0.6) is 0 Å². The van der Waals surface area contributed by atoms with Crippen molar-refractivity contribution in [3.05, 3.63) is 12.7 Å². The molecule has 0 heterocycles. The van der Waals surface area contributed by atoms with Gasteiger partial charge in [-0.25, -0.2) is 4.79 Å². The minimum atomic E-state index is -7.56. The summed E-state index contributed by atoms with van der Waals surface area (Å²) in [6.45, 7) is -0.322. The lowest BCUT2D eigenvalue weighted by molar-refractivity contribution is -0.934. The van der Waals surface area contributed by atoms with E-state index in [0.717, 1.165) is 0 Å². The zero-order chi connectivity index (χ0) is 21.4. The number of sulfonamides is 1. The van der Waals surface area contributed by atoms with Crippen molar-refractivity contribution >= 4 is 16.0 Å². The number of halogens is 10. The molecule has 0 aromatic rings. The molecule has 0 radical (unpaired) electrons. The average Bonchev–Trinajstić information content (AvgIpc) is 2.44. The van der Waals surface area contributed by atoms with Crippen LogP contribution in [0.25, 0.3) is 0 Å². The van der Waals surface area contributed by atoms with Crippen molar-refractivity contribution in [2.24, 2.45) is 0 Å². The van der Waals surface area contributed by atoms with E-state index in [1.54, 1.807) is 0 Å². The van der Waals surface area contributed by atoms with Crippen molar-refractivity contribution in [1.82, 2.24) is 0 Å². The molecule has 1 atom stereocenters. The number of quaternary nitrogens is 1. The van der Waals surface area contributed by atoms with Crippen molar-refractivity contribution < 1.29 is 66.1 Å². The summed E-state index contributed by atoms with van der Waals surface area (Å²) in [5.41, 5.74) is 0. The molecule has 16 heteroatoms. The Morgan fingerprint density at radius 3 is 1.81 bits per heavy atom. The Bertz CT molecular complexity index is 655. The zero-order valence-corrected chi connectivity index (χ0v) is 13.3. The van der Waals surface area contributed by atoms with Gasteiger partial charge < -0.3 is 4.74 Å². The third-order valence-electron chi connectivity index (χ3n) is 2.84. The van der Waals surface area contributed by atoms with Crippen LogP contribution >= 0.6 is 0 Å². The topological polar surface area (TPSA) is 60.4 Å². The lowest BCUT2D eigenvalue weighted by Crippen LogP contribution is -2.67. The number of likely N-dealkylation sites (N-methyl/N-ethyl adjacent to an activating group) is 1. The molecule has 0 spiro atoms. The maximum absolute atomic E-state index is 13.9. The molecule has 154 valence electrons. The van der Waals surface area contributed by atoms with Gasteiger partial charge in [0.05, 0.1) is 0 Å². The maximum Gasteiger partial charge on any atom is 0.467 e. The largest absolute Gasteiger partial charge is 0.467 e. The van der Waals surface area contributed by atoms with Crippen LogP contribution in [0.15, 0.2) is 12.7 Å². The second kappa shape index (κ2) is 6.86. The minimum absolute atomic E-state index is 0.354. The molecule has 0 aliphatic heterocycles. The summed E-state index contributed by atoms with van der Waals surface area (Å²) >= 11 is 0. The molecule has 0 rings (SSSR count). The molecule has 1 unspecified atom stereocenters. The van der Waals surface area contributed by atoms with Crippen LogP contribution in [0.1, 0.15) is 0 Å². The van der Waals surface area contributed by atoms with Crippen LogP contribution in [-0.2, 0) is 19.6 Å². The van der Waals surface area contributed by atoms with Crippen LogP contribution < -0.4 is 0 Å². The fourth-order valence-corrected chi connectivity index (χ4v) is 2.50. The van der Waals surface area contributed by atoms with Gasteiger partial charge in [-0.05, 0) is 4.11 Å². The van der Waals surface area contributed by atoms with Gasteiger partial charge in [0, 0.05) is 10.6 Å². The summed E-state index contributed by atoms with van der Waals surface area (Å²) in [7, 11) is -7.71. The lowest BCUT2D eigenvalue weighted by atomic mass is 10.1. The summed E-state index contributed by atoms with van der Waals surface area (Å²) < 4.78 is 151. The maximum atomic E-state index is 13.9. The quantitative estimate of drug-likeness (QED) is 0.257. The standard InChI is InChI=1S/C10H10F10NO4S/c1-3-6(22)25-5-4-21(2,20)26(23,24)10(18,19)8(13,14)7(11,12)9(15,16)17/h3H,1,4-5H2,2H3/q+1. The highest BCUT2D eigenvalue weighted by atomic mass is 32.2. The van der Waals surface area contributed by atoms with Gasteiger partial charge in [0.15, 0.2) is 6.54 Å². The highest BCUT2D eigenvalue weighted by Crippen LogP contribution is 2.55. The predicted octanol–water partition coefficient (Wildman–Crippen LogP) is 2.80. The zero-order valence-electron chi connectivity index (χ0n) is 12.5. The van der Waals surface area contributed by atoms with Crippen LogP contribution in [-0.4, -0.2) is 62.0 Å². The fourth-order valence-electron chi connectivity index (χ4n) is 1.25. The molecule has 0 aromatic carbocycles. The molecule has 0 aliphatic carbocycles. The van der Waals surface area contributed by atoms with Crippen molar-refractivity contribution in [3.8, 4) is 0 Å². The monoisotopic (exact) mass is 430 g/mol. The van der Waals surface area contributed by atoms with Crippen LogP contribution in [0.3, 0.4) is 0 Å². The Balaban J connectivity index is 5.94. The summed E-state index contributed by atoms with van der Waals surface area (Å²) in [5, 5.41) is -7.19. The highest BCUT2D eigenvalue weighted by molar-refractivity contribution is 7.87. The van der Waals surface area contributed by atoms with E-state index in [1.165, 1.54) is 0 Å². The minimum Gasteiger partial charge on any atom is -0.456 e. The van der Waals surface area contributed by atoms with Crippen molar-refractivity contribution in [2.75, 3.05) is 20.2 Å². The normalized spacial score (nSPS) is 16.7. The molecule has 26 heavy (non-hydrogen) atoms. The van der Waals surface area contributed by atoms with Gasteiger partial charge in [0.1, 0.15) is 13.7 Å². The summed E-state index contributed by atoms with van der Waals surface area (Å²) in [5.74, 6) is -16.4. The molecule has 0 aliphatic rings. The summed E-state index contributed by atoms with van der Waals surface area (Å²) in [6.07, 6.45) is -6.81. The van der Waals surface area contributed by atoms with E-state index in [4.69, 9.17) is 0 Å². The SMILES string of the molecule is C=CC(=O)OCC[N+](C)(F)S(=O)(=O)C(F)(F)C(F)(F)C(F)(F)C(F)(F)F. The summed E-state index contributed by atoms with van der Waals surface area (Å²) in [4.78, 5) is 10.6. The number of ether oxygens (including phenoxy) is 1. The van der Waals surface area contributed by atoms with Gasteiger partial charge in [-0.2, -0.15) is 47.9 Å². The van der Waals surface area contributed by atoms with E-state index >= 15 is 0 Å². The van der Waals surface area contributed by atoms with Crippen LogP contribution in [0.2, 0.25) is 0 Å². The van der Waals surface area contributed by atoms with E-state index in [-0.39, 0.29) is 7.05 Å². The van der Waals surface area contributed by atoms with Gasteiger partial charge in [0.2, 0.25) is 0 Å². The first-order valence-corrected chi connectivity index (χ1v) is 7.44. The van der Waals surface area contributed by atoms with E-state index in [0.29, 0.717) is 6.08 Å². The first-order valence-electron chi connectivity index (χ1n) is 6.00. The Morgan fingerprint density at radius 2 is 1.46 bits per heavy atom. The Labute approximate surface area is 139 Å². The third-order valence-corrected chi connectivity index (χ3v) is 4.93. The first-order chi connectivity index (χ1) is 11.2. The van der Waals surface area contributed by atoms with E-state index in [9.17, 15) is 57.2 Å². The number of hydrogen-bond donors (Lipinski definition) is 0. The Morgan fingerprint density at radius 1 is 1.04 bits per heavy atom. The molecule has 0 amide bonds. The van der Waals surface area contributed by atoms with E-state index in [1.807, 2.05) is 0 Å². The number of carbonyl (C=O) groups excluding carboxylic acids is 1. The molecular formula is C10H10F10NO4S+. The number of rotatable bonds is 8. The lowest BCUT2D eigenvalue weighted by Gasteiger charge is -2.34. The van der Waals surface area contributed by atoms with Crippen LogP contribution in [0, 0.1) is 0 Å². The Kier molecular flexibility index (Phi) is 6.44. The molecule has 0 bridgehead atoms. The molecule has 0 N–H and O–H groups in total. The number of carbonyl (C=O) groups is 1. The Hall–Kier alpha value is -1.58. The first kappa shape index (κ1) is 24.4. The van der Waals surface area contributed by atoms with Gasteiger partial charge in [-0.1, -0.05) is 6.58 Å². The molecule has 0 saturated heterocycles. The summed E-state index contributed by atoms with van der Waals surface area (Å²) in [6, 6.07) is 0. The molecular weight excluding hydrogens is 420 g/mol. The van der Waals surface area contributed by atoms with Gasteiger partial charge in [0.25, 0.3) is 0 Å². The van der Waals surface area contributed by atoms with Crippen LogP contribution in [0.4, 0.5) is 44.0 Å². The third kappa shape index (κ3) is 3.74. The highest BCUT2D eigenvalue weighted by Gasteiger charge is 2.88. The van der Waals surface area contributed by atoms with Crippen molar-refractivity contribution in [3.63, 3.8) is 0 Å². The average molecular weight is 430 g/mol. The number of nitrogens with zero attached hydrogens (tertiary/aromatic N) is 1. The second-order valence-corrected chi connectivity index (χ2v) is 6.94. The van der Waals surface area contributed by atoms with E-state index < -0.39 is 56.5 Å². The molecule has 0 fully saturated rings. The molecule has 5 nitrogen and oxygen atoms in total. The number of alkyl halides is 9. The van der Waals surface area contributed by atoms with Gasteiger partial charge in [-0.3, -0.25) is 0 Å². The van der Waals surface area contributed by atoms with E-state index in [2.05, 4.69) is 11.3 Å². The predicted molar refractivity (Wildman–Crippen MR) is 63.1 cm³/mol. The van der Waals surface area contributed by atoms with Gasteiger partial charge >= 0.3 is 39.3 Å². The fraction of sp³-hybridized carbons (Fsp3) is 0.700. The second-order valence-electron chi connectivity index (χ2n) is 4.72. The van der Waals surface area contributed by atoms with Crippen molar-refractivity contribution in [1.29, 1.82) is 0 Å². The number of hydrogen-bond acceptors (Lipinski definition) is 4. The smallest absolute Gasteiger partial charge is 0.456 e.